The molecule has 0 aromatic heterocycles. The maximum Gasteiger partial charge on any atom is 0.328 e. The van der Waals surface area contributed by atoms with Crippen LogP contribution in [0.15, 0.2) is 34.4 Å². The smallest absolute Gasteiger partial charge is 0.328 e. The third-order valence-electron chi connectivity index (χ3n) is 5.84. The number of nitrogens with zero attached hydrogens (tertiary/aromatic N) is 5. The summed E-state index contributed by atoms with van der Waals surface area (Å²) in [5.41, 5.74) is 3.78. The van der Waals surface area contributed by atoms with E-state index in [2.05, 4.69) is 29.4 Å². The molecule has 1 fully saturated rings. The van der Waals surface area contributed by atoms with Gasteiger partial charge < -0.3 is 31.8 Å². The van der Waals surface area contributed by atoms with Crippen molar-refractivity contribution in [3.05, 3.63) is 29.8 Å². The molecule has 2 unspecified atom stereocenters. The number of hydrazone groups is 1. The van der Waals surface area contributed by atoms with E-state index in [1.54, 1.807) is 25.2 Å². The molecule has 32 heavy (non-hydrogen) atoms. The Balaban J connectivity index is 0.00000363. The summed E-state index contributed by atoms with van der Waals surface area (Å²) in [7, 11) is 4.87. The van der Waals surface area contributed by atoms with Crippen LogP contribution in [0.3, 0.4) is 0 Å². The maximum atomic E-state index is 12.5. The van der Waals surface area contributed by atoms with Crippen LogP contribution in [0, 0.1) is 0 Å². The average Bonchev–Trinajstić information content (AvgIpc) is 3.11. The van der Waals surface area contributed by atoms with Crippen molar-refractivity contribution in [2.45, 2.75) is 26.1 Å². The fourth-order valence-corrected chi connectivity index (χ4v) is 3.69. The van der Waals surface area contributed by atoms with Gasteiger partial charge >= 0.3 is 6.03 Å². The average molecular weight is 466 g/mol. The standard InChI is InChI=1S/C21H31N7O3.ClH/c1-6-28(7-2)12-13-31-16-10-8-15(9-11-16)14-22-24-20-23-18-17(25(20)3)19(29)27(5)21(30)26(18)4;/h8-11,14,17-18H,6-7,12-13H2,1-5H3,(H,23,24);1H/b22-14+;. The minimum absolute atomic E-state index is 0. The molecule has 0 bridgehead atoms. The van der Waals surface area contributed by atoms with Crippen LogP contribution in [0.25, 0.3) is 0 Å². The Morgan fingerprint density at radius 2 is 1.78 bits per heavy atom. The van der Waals surface area contributed by atoms with Gasteiger partial charge in [0.15, 0.2) is 12.2 Å². The number of benzene rings is 1. The SMILES string of the molecule is CC[NH+](CC)CCOc1ccc(/C=N/NC2=NC3C(C(=O)N(C)C(=O)N3C)N2C)cc1.[Cl-]. The van der Waals surface area contributed by atoms with Crippen molar-refractivity contribution in [2.24, 2.45) is 10.1 Å². The molecule has 0 radical (unpaired) electrons. The van der Waals surface area contributed by atoms with E-state index in [4.69, 9.17) is 4.74 Å². The molecule has 0 saturated carbocycles. The largest absolute Gasteiger partial charge is 1.00 e. The molecule has 2 aliphatic heterocycles. The van der Waals surface area contributed by atoms with Crippen molar-refractivity contribution in [1.29, 1.82) is 0 Å². The minimum atomic E-state index is -0.562. The third-order valence-corrected chi connectivity index (χ3v) is 5.84. The summed E-state index contributed by atoms with van der Waals surface area (Å²) in [5.74, 6) is 0.989. The number of hydrogen-bond acceptors (Lipinski definition) is 7. The Hall–Kier alpha value is -2.85. The highest BCUT2D eigenvalue weighted by molar-refractivity contribution is 6.03. The molecule has 2 heterocycles. The molecular weight excluding hydrogens is 434 g/mol. The maximum absolute atomic E-state index is 12.5. The number of urea groups is 1. The van der Waals surface area contributed by atoms with Gasteiger partial charge in [0.1, 0.15) is 18.9 Å². The van der Waals surface area contributed by atoms with Gasteiger partial charge in [0.05, 0.1) is 19.3 Å². The monoisotopic (exact) mass is 465 g/mol. The molecule has 1 aromatic rings. The first-order chi connectivity index (χ1) is 14.9. The predicted octanol–water partition coefficient (Wildman–Crippen LogP) is -3.56. The van der Waals surface area contributed by atoms with E-state index in [9.17, 15) is 9.59 Å². The molecule has 1 aromatic carbocycles. The van der Waals surface area contributed by atoms with E-state index < -0.39 is 12.2 Å². The van der Waals surface area contributed by atoms with E-state index in [0.29, 0.717) is 12.6 Å². The van der Waals surface area contributed by atoms with Crippen LogP contribution in [0.4, 0.5) is 4.79 Å². The zero-order valence-corrected chi connectivity index (χ0v) is 20.0. The third kappa shape index (κ3) is 5.31. The first kappa shape index (κ1) is 25.4. The van der Waals surface area contributed by atoms with Gasteiger partial charge in [-0.25, -0.2) is 15.2 Å². The van der Waals surface area contributed by atoms with Crippen molar-refractivity contribution >= 4 is 24.1 Å². The fraction of sp³-hybridized carbons (Fsp3) is 0.524. The van der Waals surface area contributed by atoms with Gasteiger partial charge in [0.25, 0.3) is 5.91 Å². The second kappa shape index (κ2) is 11.1. The van der Waals surface area contributed by atoms with Crippen LogP contribution in [-0.4, -0.2) is 98.4 Å². The second-order valence-electron chi connectivity index (χ2n) is 7.71. The number of guanidine groups is 1. The molecule has 11 heteroatoms. The highest BCUT2D eigenvalue weighted by atomic mass is 35.5. The number of rotatable bonds is 8. The van der Waals surface area contributed by atoms with Crippen molar-refractivity contribution in [1.82, 2.24) is 20.1 Å². The molecule has 3 rings (SSSR count). The molecule has 176 valence electrons. The van der Waals surface area contributed by atoms with Crippen molar-refractivity contribution in [3.8, 4) is 5.75 Å². The molecule has 0 spiro atoms. The van der Waals surface area contributed by atoms with Gasteiger partial charge in [-0.05, 0) is 43.7 Å². The number of nitrogens with one attached hydrogen (secondary N) is 2. The molecule has 2 N–H and O–H groups in total. The topological polar surface area (TPSA) is 94.3 Å². The highest BCUT2D eigenvalue weighted by Crippen LogP contribution is 2.25. The number of hydrogen-bond donors (Lipinski definition) is 2. The van der Waals surface area contributed by atoms with E-state index in [0.717, 1.165) is 35.8 Å². The van der Waals surface area contributed by atoms with Crippen LogP contribution >= 0.6 is 0 Å². The molecule has 3 amide bonds. The minimum Gasteiger partial charge on any atom is -1.00 e. The van der Waals surface area contributed by atoms with E-state index >= 15 is 0 Å². The Morgan fingerprint density at radius 1 is 1.12 bits per heavy atom. The normalized spacial score (nSPS) is 20.6. The summed E-state index contributed by atoms with van der Waals surface area (Å²) >= 11 is 0. The molecule has 2 atom stereocenters. The highest BCUT2D eigenvalue weighted by Gasteiger charge is 2.49. The van der Waals surface area contributed by atoms with Gasteiger partial charge in [-0.1, -0.05) is 0 Å². The summed E-state index contributed by atoms with van der Waals surface area (Å²) in [5, 5.41) is 4.24. The number of carbonyl (C=O) groups is 2. The molecule has 10 nitrogen and oxygen atoms in total. The quantitative estimate of drug-likeness (QED) is 0.306. The molecule has 0 aliphatic carbocycles. The number of carbonyl (C=O) groups excluding carboxylic acids is 2. The number of aliphatic imine (C=N–C) groups is 1. The number of halogens is 1. The van der Waals surface area contributed by atoms with E-state index in [-0.39, 0.29) is 24.3 Å². The lowest BCUT2D eigenvalue weighted by Gasteiger charge is -2.38. The number of likely N-dealkylation sites (N-methyl/N-ethyl adjacent to an activating group) is 4. The van der Waals surface area contributed by atoms with Crippen LogP contribution in [0.5, 0.6) is 5.75 Å². The molecular formula is C21H32ClN7O3. The van der Waals surface area contributed by atoms with Crippen LogP contribution < -0.4 is 27.5 Å². The molecule has 2 aliphatic rings. The number of ether oxygens (including phenoxy) is 1. The summed E-state index contributed by atoms with van der Waals surface area (Å²) in [6.45, 7) is 8.22. The van der Waals surface area contributed by atoms with Gasteiger partial charge in [0.2, 0.25) is 5.96 Å². The fourth-order valence-electron chi connectivity index (χ4n) is 3.69. The van der Waals surface area contributed by atoms with Crippen molar-refractivity contribution in [2.75, 3.05) is 47.4 Å². The Labute approximate surface area is 195 Å². The zero-order chi connectivity index (χ0) is 22.5. The predicted molar refractivity (Wildman–Crippen MR) is 118 cm³/mol. The van der Waals surface area contributed by atoms with E-state index in [1.165, 1.54) is 16.8 Å². The first-order valence-electron chi connectivity index (χ1n) is 10.6. The second-order valence-corrected chi connectivity index (χ2v) is 7.71. The van der Waals surface area contributed by atoms with E-state index in [1.807, 2.05) is 24.3 Å². The summed E-state index contributed by atoms with van der Waals surface area (Å²) < 4.78 is 5.81. The number of quaternary nitrogens is 1. The van der Waals surface area contributed by atoms with Gasteiger partial charge in [0, 0.05) is 21.1 Å². The van der Waals surface area contributed by atoms with Gasteiger partial charge in [-0.15, -0.1) is 0 Å². The van der Waals surface area contributed by atoms with Crippen molar-refractivity contribution in [3.63, 3.8) is 0 Å². The Morgan fingerprint density at radius 3 is 2.41 bits per heavy atom. The first-order valence-corrected chi connectivity index (χ1v) is 10.6. The van der Waals surface area contributed by atoms with Crippen LogP contribution in [0.2, 0.25) is 0 Å². The zero-order valence-electron chi connectivity index (χ0n) is 19.2. The number of amides is 3. The summed E-state index contributed by atoms with van der Waals surface area (Å²) in [4.78, 5) is 34.9. The number of imide groups is 1. The number of fused-ring (bicyclic) bond motifs is 1. The van der Waals surface area contributed by atoms with Crippen molar-refractivity contribution < 1.29 is 31.6 Å². The lowest BCUT2D eigenvalue weighted by Crippen LogP contribution is -3.12. The lowest BCUT2D eigenvalue weighted by molar-refractivity contribution is -0.896. The summed E-state index contributed by atoms with van der Waals surface area (Å²) in [6.07, 6.45) is 1.11. The van der Waals surface area contributed by atoms with Gasteiger partial charge in [-0.2, -0.15) is 5.10 Å². The Kier molecular flexibility index (Phi) is 8.85. The van der Waals surface area contributed by atoms with Crippen LogP contribution in [0.1, 0.15) is 19.4 Å². The summed E-state index contributed by atoms with van der Waals surface area (Å²) in [6, 6.07) is 6.77. The Bertz CT molecular complexity index is 857. The van der Waals surface area contributed by atoms with Gasteiger partial charge in [-0.3, -0.25) is 9.69 Å². The lowest BCUT2D eigenvalue weighted by atomic mass is 10.1. The molecule has 1 saturated heterocycles. The van der Waals surface area contributed by atoms with Crippen LogP contribution in [-0.2, 0) is 4.79 Å².